The van der Waals surface area contributed by atoms with E-state index in [2.05, 4.69) is 5.32 Å². The van der Waals surface area contributed by atoms with Gasteiger partial charge in [0, 0.05) is 18.9 Å². The number of benzene rings is 1. The minimum Gasteiger partial charge on any atom is -0.488 e. The van der Waals surface area contributed by atoms with Gasteiger partial charge in [-0.1, -0.05) is 18.2 Å². The number of rotatable bonds is 2. The number of fused-ring (bicyclic) bond motifs is 1. The average Bonchev–Trinajstić information content (AvgIpc) is 2.26. The topological polar surface area (TPSA) is 58.6 Å². The predicted molar refractivity (Wildman–Crippen MR) is 59.1 cm³/mol. The summed E-state index contributed by atoms with van der Waals surface area (Å²) < 4.78 is 5.68. The maximum absolute atomic E-state index is 10.8. The maximum atomic E-state index is 10.8. The van der Waals surface area contributed by atoms with Crippen LogP contribution < -0.4 is 10.1 Å². The molecule has 1 aromatic rings. The van der Waals surface area contributed by atoms with Gasteiger partial charge in [0.15, 0.2) is 0 Å². The second-order valence-electron chi connectivity index (χ2n) is 3.97. The molecule has 0 fully saturated rings. The highest BCUT2D eigenvalue weighted by atomic mass is 16.5. The number of hydrogen-bond acceptors (Lipinski definition) is 3. The molecule has 1 heterocycles. The van der Waals surface area contributed by atoms with Crippen molar-refractivity contribution in [2.24, 2.45) is 0 Å². The molecular weight excluding hydrogens is 206 g/mol. The molecule has 0 aliphatic carbocycles. The van der Waals surface area contributed by atoms with E-state index < -0.39 is 6.10 Å². The first-order valence-corrected chi connectivity index (χ1v) is 5.35. The molecule has 0 spiro atoms. The zero-order chi connectivity index (χ0) is 11.5. The zero-order valence-corrected chi connectivity index (χ0v) is 9.14. The fraction of sp³-hybridized carbons (Fsp3) is 0.417. The minimum absolute atomic E-state index is 0.0862. The van der Waals surface area contributed by atoms with Crippen LogP contribution in [0.3, 0.4) is 0 Å². The molecule has 16 heavy (non-hydrogen) atoms. The van der Waals surface area contributed by atoms with Crippen molar-refractivity contribution in [3.63, 3.8) is 0 Å². The molecule has 1 aliphatic heterocycles. The molecule has 2 atom stereocenters. The predicted octanol–water partition coefficient (Wildman–Crippen LogP) is 1.01. The summed E-state index contributed by atoms with van der Waals surface area (Å²) in [6.07, 6.45) is -0.158. The molecular formula is C12H15NO3. The lowest BCUT2D eigenvalue weighted by Crippen LogP contribution is -2.37. The van der Waals surface area contributed by atoms with Gasteiger partial charge in [-0.05, 0) is 6.07 Å². The first-order chi connectivity index (χ1) is 7.66. The smallest absolute Gasteiger partial charge is 0.217 e. The number of nitrogens with one attached hydrogen (secondary N) is 1. The van der Waals surface area contributed by atoms with Crippen molar-refractivity contribution in [2.45, 2.75) is 25.6 Å². The molecule has 86 valence electrons. The summed E-state index contributed by atoms with van der Waals surface area (Å²) >= 11 is 0. The molecule has 0 saturated heterocycles. The first-order valence-electron chi connectivity index (χ1n) is 5.35. The van der Waals surface area contributed by atoms with E-state index in [1.165, 1.54) is 6.92 Å². The Morgan fingerprint density at radius 1 is 1.56 bits per heavy atom. The van der Waals surface area contributed by atoms with Crippen molar-refractivity contribution in [3.05, 3.63) is 29.8 Å². The third-order valence-corrected chi connectivity index (χ3v) is 2.64. The largest absolute Gasteiger partial charge is 0.488 e. The highest BCUT2D eigenvalue weighted by Crippen LogP contribution is 2.33. The van der Waals surface area contributed by atoms with Gasteiger partial charge in [-0.15, -0.1) is 0 Å². The Bertz CT molecular complexity index is 392. The van der Waals surface area contributed by atoms with Gasteiger partial charge < -0.3 is 15.2 Å². The van der Waals surface area contributed by atoms with Gasteiger partial charge >= 0.3 is 0 Å². The molecule has 4 nitrogen and oxygen atoms in total. The van der Waals surface area contributed by atoms with Crippen LogP contribution in [0.4, 0.5) is 0 Å². The monoisotopic (exact) mass is 221 g/mol. The van der Waals surface area contributed by atoms with Gasteiger partial charge in [-0.3, -0.25) is 4.79 Å². The number of aliphatic hydroxyl groups excluding tert-OH is 1. The van der Waals surface area contributed by atoms with Crippen LogP contribution in [0.2, 0.25) is 0 Å². The van der Waals surface area contributed by atoms with Crippen molar-refractivity contribution in [2.75, 3.05) is 6.54 Å². The number of ether oxygens (including phenoxy) is 1. The Morgan fingerprint density at radius 3 is 3.06 bits per heavy atom. The molecule has 1 amide bonds. The van der Waals surface area contributed by atoms with Gasteiger partial charge in [0.05, 0.1) is 12.6 Å². The van der Waals surface area contributed by atoms with Crippen molar-refractivity contribution in [1.29, 1.82) is 0 Å². The summed E-state index contributed by atoms with van der Waals surface area (Å²) in [6.45, 7) is 1.90. The van der Waals surface area contributed by atoms with Crippen LogP contribution in [0, 0.1) is 0 Å². The molecule has 1 aromatic carbocycles. The quantitative estimate of drug-likeness (QED) is 0.783. The van der Waals surface area contributed by atoms with E-state index in [0.29, 0.717) is 18.7 Å². The Kier molecular flexibility index (Phi) is 3.10. The van der Waals surface area contributed by atoms with Gasteiger partial charge in [0.25, 0.3) is 0 Å². The third-order valence-electron chi connectivity index (χ3n) is 2.64. The second-order valence-corrected chi connectivity index (χ2v) is 3.97. The summed E-state index contributed by atoms with van der Waals surface area (Å²) in [5.41, 5.74) is 0.821. The van der Waals surface area contributed by atoms with Crippen LogP contribution in [-0.4, -0.2) is 23.7 Å². The van der Waals surface area contributed by atoms with E-state index in [1.54, 1.807) is 0 Å². The van der Waals surface area contributed by atoms with E-state index in [9.17, 15) is 9.90 Å². The lowest BCUT2D eigenvalue weighted by Gasteiger charge is -2.29. The number of carbonyl (C=O) groups excluding carboxylic acids is 1. The normalized spacial score (nSPS) is 23.1. The zero-order valence-electron chi connectivity index (χ0n) is 9.14. The van der Waals surface area contributed by atoms with E-state index >= 15 is 0 Å². The average molecular weight is 221 g/mol. The maximum Gasteiger partial charge on any atom is 0.217 e. The number of hydrogen-bond donors (Lipinski definition) is 2. The summed E-state index contributed by atoms with van der Waals surface area (Å²) in [7, 11) is 0. The first kappa shape index (κ1) is 11.0. The van der Waals surface area contributed by atoms with Crippen LogP contribution in [0.1, 0.15) is 25.0 Å². The van der Waals surface area contributed by atoms with Crippen LogP contribution in [0.15, 0.2) is 24.3 Å². The van der Waals surface area contributed by atoms with E-state index in [-0.39, 0.29) is 12.0 Å². The lowest BCUT2D eigenvalue weighted by atomic mass is 9.99. The second kappa shape index (κ2) is 4.53. The Balaban J connectivity index is 2.06. The Hall–Kier alpha value is -1.55. The van der Waals surface area contributed by atoms with E-state index in [0.717, 1.165) is 5.56 Å². The molecule has 0 bridgehead atoms. The molecule has 0 unspecified atom stereocenters. The highest BCUT2D eigenvalue weighted by Gasteiger charge is 2.26. The number of amides is 1. The number of aliphatic hydroxyl groups is 1. The SMILES string of the molecule is CC(=O)NC[C@H]1C[C@@H](O)c2ccccc2O1. The van der Waals surface area contributed by atoms with Gasteiger partial charge in [0.2, 0.25) is 5.91 Å². The fourth-order valence-corrected chi connectivity index (χ4v) is 1.85. The van der Waals surface area contributed by atoms with Crippen LogP contribution in [-0.2, 0) is 4.79 Å². The van der Waals surface area contributed by atoms with E-state index in [1.807, 2.05) is 24.3 Å². The van der Waals surface area contributed by atoms with Crippen molar-refractivity contribution < 1.29 is 14.6 Å². The van der Waals surface area contributed by atoms with E-state index in [4.69, 9.17) is 4.74 Å². The Morgan fingerprint density at radius 2 is 2.31 bits per heavy atom. The standard InChI is InChI=1S/C12H15NO3/c1-8(14)13-7-9-6-11(15)10-4-2-3-5-12(10)16-9/h2-5,9,11,15H,6-7H2,1H3,(H,13,14)/t9-,11-/m1/s1. The molecule has 2 rings (SSSR count). The van der Waals surface area contributed by atoms with Gasteiger partial charge in [-0.25, -0.2) is 0 Å². The fourth-order valence-electron chi connectivity index (χ4n) is 1.85. The summed E-state index contributed by atoms with van der Waals surface area (Å²) in [4.78, 5) is 10.8. The summed E-state index contributed by atoms with van der Waals surface area (Å²) in [5.74, 6) is 0.619. The molecule has 0 radical (unpaired) electrons. The van der Waals surface area contributed by atoms with Crippen molar-refractivity contribution in [1.82, 2.24) is 5.32 Å². The van der Waals surface area contributed by atoms with Crippen LogP contribution in [0.25, 0.3) is 0 Å². The number of para-hydroxylation sites is 1. The minimum atomic E-state index is -0.510. The Labute approximate surface area is 94.2 Å². The number of carbonyl (C=O) groups is 1. The van der Waals surface area contributed by atoms with Gasteiger partial charge in [0.1, 0.15) is 11.9 Å². The van der Waals surface area contributed by atoms with Crippen molar-refractivity contribution >= 4 is 5.91 Å². The lowest BCUT2D eigenvalue weighted by molar-refractivity contribution is -0.119. The van der Waals surface area contributed by atoms with Gasteiger partial charge in [-0.2, -0.15) is 0 Å². The van der Waals surface area contributed by atoms with Crippen molar-refractivity contribution in [3.8, 4) is 5.75 Å². The summed E-state index contributed by atoms with van der Waals surface area (Å²) in [5, 5.41) is 12.6. The summed E-state index contributed by atoms with van der Waals surface area (Å²) in [6, 6.07) is 7.43. The molecule has 0 saturated carbocycles. The molecule has 4 heteroatoms. The highest BCUT2D eigenvalue weighted by molar-refractivity contribution is 5.72. The van der Waals surface area contributed by atoms with Crippen LogP contribution in [0.5, 0.6) is 5.75 Å². The molecule has 2 N–H and O–H groups in total. The third kappa shape index (κ3) is 2.33. The van der Waals surface area contributed by atoms with Crippen LogP contribution >= 0.6 is 0 Å². The molecule has 1 aliphatic rings. The molecule has 0 aromatic heterocycles.